The highest BCUT2D eigenvalue weighted by Crippen LogP contribution is 2.26. The summed E-state index contributed by atoms with van der Waals surface area (Å²) in [7, 11) is 0. The van der Waals surface area contributed by atoms with Gasteiger partial charge in [-0.25, -0.2) is 0 Å². The molecule has 2 aromatic heterocycles. The van der Waals surface area contributed by atoms with Gasteiger partial charge < -0.3 is 14.6 Å². The average Bonchev–Trinajstić information content (AvgIpc) is 3.40. The molecule has 1 atom stereocenters. The standard InChI is InChI=1S/C23H26ClN3O2S/c1-16-5-6-17(2)27(16)18-7-8-20(24)19(14-18)23(28)25-15-21(22-4-3-13-30-22)26-9-11-29-12-10-26/h3-8,13-14,21H,9-12,15H2,1-2H3,(H,25,28)/t21-/m1/s1. The molecule has 3 aromatic rings. The van der Waals surface area contributed by atoms with Crippen LogP contribution in [0.2, 0.25) is 5.02 Å². The normalized spacial score (nSPS) is 15.8. The number of nitrogens with zero attached hydrogens (tertiary/aromatic N) is 2. The molecule has 0 unspecified atom stereocenters. The first-order valence-corrected chi connectivity index (χ1v) is 11.4. The number of morpholine rings is 1. The van der Waals surface area contributed by atoms with Gasteiger partial charge in [-0.2, -0.15) is 0 Å². The van der Waals surface area contributed by atoms with Gasteiger partial charge in [0.05, 0.1) is 29.8 Å². The van der Waals surface area contributed by atoms with Crippen LogP contribution < -0.4 is 5.32 Å². The topological polar surface area (TPSA) is 46.5 Å². The van der Waals surface area contributed by atoms with Crippen LogP contribution >= 0.6 is 22.9 Å². The number of halogens is 1. The Kier molecular flexibility index (Phi) is 6.58. The molecule has 0 radical (unpaired) electrons. The number of nitrogens with one attached hydrogen (secondary N) is 1. The van der Waals surface area contributed by atoms with Gasteiger partial charge in [0.2, 0.25) is 0 Å². The first-order valence-electron chi connectivity index (χ1n) is 10.1. The Balaban J connectivity index is 1.53. The SMILES string of the molecule is Cc1ccc(C)n1-c1ccc(Cl)c(C(=O)NC[C@H](c2cccs2)N2CCOCC2)c1. The van der Waals surface area contributed by atoms with Crippen molar-refractivity contribution in [3.8, 4) is 5.69 Å². The van der Waals surface area contributed by atoms with Crippen molar-refractivity contribution >= 4 is 28.8 Å². The zero-order valence-corrected chi connectivity index (χ0v) is 18.8. The average molecular weight is 444 g/mol. The summed E-state index contributed by atoms with van der Waals surface area (Å²) in [4.78, 5) is 16.7. The van der Waals surface area contributed by atoms with Crippen molar-refractivity contribution in [3.63, 3.8) is 0 Å². The van der Waals surface area contributed by atoms with E-state index in [0.717, 1.165) is 43.4 Å². The highest BCUT2D eigenvalue weighted by molar-refractivity contribution is 7.10. The maximum absolute atomic E-state index is 13.1. The number of hydrogen-bond acceptors (Lipinski definition) is 4. The van der Waals surface area contributed by atoms with Gasteiger partial charge in [-0.15, -0.1) is 11.3 Å². The minimum Gasteiger partial charge on any atom is -0.379 e. The van der Waals surface area contributed by atoms with E-state index in [4.69, 9.17) is 16.3 Å². The monoisotopic (exact) mass is 443 g/mol. The van der Waals surface area contributed by atoms with E-state index in [0.29, 0.717) is 17.1 Å². The van der Waals surface area contributed by atoms with Crippen molar-refractivity contribution in [1.29, 1.82) is 0 Å². The maximum Gasteiger partial charge on any atom is 0.252 e. The first-order chi connectivity index (χ1) is 14.5. The van der Waals surface area contributed by atoms with Crippen molar-refractivity contribution in [2.24, 2.45) is 0 Å². The molecule has 1 aromatic carbocycles. The van der Waals surface area contributed by atoms with Crippen LogP contribution in [-0.4, -0.2) is 48.2 Å². The molecular weight excluding hydrogens is 418 g/mol. The Morgan fingerprint density at radius 2 is 1.90 bits per heavy atom. The summed E-state index contributed by atoms with van der Waals surface area (Å²) in [6, 6.07) is 14.1. The predicted molar refractivity (Wildman–Crippen MR) is 122 cm³/mol. The molecule has 5 nitrogen and oxygen atoms in total. The third kappa shape index (κ3) is 4.47. The highest BCUT2D eigenvalue weighted by atomic mass is 35.5. The molecule has 1 saturated heterocycles. The Hall–Kier alpha value is -2.12. The van der Waals surface area contributed by atoms with Gasteiger partial charge in [0.15, 0.2) is 0 Å². The van der Waals surface area contributed by atoms with Gasteiger partial charge >= 0.3 is 0 Å². The van der Waals surface area contributed by atoms with E-state index < -0.39 is 0 Å². The lowest BCUT2D eigenvalue weighted by Crippen LogP contribution is -2.43. The summed E-state index contributed by atoms with van der Waals surface area (Å²) >= 11 is 8.12. The zero-order valence-electron chi connectivity index (χ0n) is 17.2. The largest absolute Gasteiger partial charge is 0.379 e. The lowest BCUT2D eigenvalue weighted by Gasteiger charge is -2.34. The smallest absolute Gasteiger partial charge is 0.252 e. The van der Waals surface area contributed by atoms with Gasteiger partial charge in [-0.05, 0) is 55.6 Å². The van der Waals surface area contributed by atoms with Crippen molar-refractivity contribution in [1.82, 2.24) is 14.8 Å². The summed E-state index contributed by atoms with van der Waals surface area (Å²) in [6.45, 7) is 7.80. The number of thiophene rings is 1. The van der Waals surface area contributed by atoms with E-state index >= 15 is 0 Å². The van der Waals surface area contributed by atoms with Gasteiger partial charge in [0.25, 0.3) is 5.91 Å². The van der Waals surface area contributed by atoms with Crippen LogP contribution in [0.15, 0.2) is 47.8 Å². The van der Waals surface area contributed by atoms with E-state index in [-0.39, 0.29) is 11.9 Å². The lowest BCUT2D eigenvalue weighted by molar-refractivity contribution is 0.0169. The number of hydrogen-bond donors (Lipinski definition) is 1. The second kappa shape index (κ2) is 9.35. The van der Waals surface area contributed by atoms with Crippen LogP contribution in [0.1, 0.15) is 32.7 Å². The molecule has 0 aliphatic carbocycles. The van der Waals surface area contributed by atoms with Crippen LogP contribution in [-0.2, 0) is 4.74 Å². The number of rotatable bonds is 6. The van der Waals surface area contributed by atoms with Gasteiger partial charge in [-0.1, -0.05) is 17.7 Å². The Morgan fingerprint density at radius 1 is 1.17 bits per heavy atom. The second-order valence-corrected chi connectivity index (χ2v) is 8.89. The Morgan fingerprint density at radius 3 is 2.57 bits per heavy atom. The fourth-order valence-corrected chi connectivity index (χ4v) is 5.03. The molecule has 1 N–H and O–H groups in total. The number of benzene rings is 1. The van der Waals surface area contributed by atoms with Crippen LogP contribution in [0, 0.1) is 13.8 Å². The fourth-order valence-electron chi connectivity index (χ4n) is 3.97. The van der Waals surface area contributed by atoms with Crippen molar-refractivity contribution in [2.75, 3.05) is 32.8 Å². The quantitative estimate of drug-likeness (QED) is 0.605. The zero-order chi connectivity index (χ0) is 21.1. The number of carbonyl (C=O) groups is 1. The molecule has 4 rings (SSSR count). The van der Waals surface area contributed by atoms with Gasteiger partial charge in [0, 0.05) is 41.6 Å². The highest BCUT2D eigenvalue weighted by Gasteiger charge is 2.24. The summed E-state index contributed by atoms with van der Waals surface area (Å²) in [5, 5.41) is 5.65. The molecule has 30 heavy (non-hydrogen) atoms. The third-order valence-electron chi connectivity index (χ3n) is 5.54. The van der Waals surface area contributed by atoms with Crippen molar-refractivity contribution in [3.05, 3.63) is 74.7 Å². The van der Waals surface area contributed by atoms with E-state index in [1.54, 1.807) is 17.4 Å². The summed E-state index contributed by atoms with van der Waals surface area (Å²) in [5.74, 6) is -0.154. The van der Waals surface area contributed by atoms with Crippen molar-refractivity contribution < 1.29 is 9.53 Å². The van der Waals surface area contributed by atoms with E-state index in [2.05, 4.69) is 58.3 Å². The van der Waals surface area contributed by atoms with Gasteiger partial charge in [0.1, 0.15) is 0 Å². The molecule has 0 saturated carbocycles. The van der Waals surface area contributed by atoms with E-state index in [9.17, 15) is 4.79 Å². The van der Waals surface area contributed by atoms with Crippen LogP contribution in [0.4, 0.5) is 0 Å². The molecular formula is C23H26ClN3O2S. The number of amides is 1. The van der Waals surface area contributed by atoms with Gasteiger partial charge in [-0.3, -0.25) is 9.69 Å². The van der Waals surface area contributed by atoms with Crippen molar-refractivity contribution in [2.45, 2.75) is 19.9 Å². The fraction of sp³-hybridized carbons (Fsp3) is 0.348. The predicted octanol–water partition coefficient (Wildman–Crippen LogP) is 4.61. The molecule has 0 bridgehead atoms. The minimum absolute atomic E-state index is 0.133. The Labute approximate surface area is 186 Å². The van der Waals surface area contributed by atoms with Crippen LogP contribution in [0.25, 0.3) is 5.69 Å². The molecule has 7 heteroatoms. The molecule has 0 spiro atoms. The molecule has 1 aliphatic rings. The number of aromatic nitrogens is 1. The Bertz CT molecular complexity index is 990. The number of ether oxygens (including phenoxy) is 1. The van der Waals surface area contributed by atoms with E-state index in [1.165, 1.54) is 4.88 Å². The summed E-state index contributed by atoms with van der Waals surface area (Å²) in [6.07, 6.45) is 0. The van der Waals surface area contributed by atoms with E-state index in [1.807, 2.05) is 12.1 Å². The molecule has 3 heterocycles. The van der Waals surface area contributed by atoms with Crippen LogP contribution in [0.5, 0.6) is 0 Å². The maximum atomic E-state index is 13.1. The molecule has 1 fully saturated rings. The first kappa shape index (κ1) is 21.1. The van der Waals surface area contributed by atoms with Crippen LogP contribution in [0.3, 0.4) is 0 Å². The molecule has 1 amide bonds. The second-order valence-electron chi connectivity index (χ2n) is 7.51. The summed E-state index contributed by atoms with van der Waals surface area (Å²) in [5.41, 5.74) is 3.67. The lowest BCUT2D eigenvalue weighted by atomic mass is 10.1. The third-order valence-corrected chi connectivity index (χ3v) is 6.84. The molecule has 158 valence electrons. The number of aryl methyl sites for hydroxylation is 2. The number of carbonyl (C=O) groups excluding carboxylic acids is 1. The summed E-state index contributed by atoms with van der Waals surface area (Å²) < 4.78 is 7.62. The minimum atomic E-state index is -0.154. The molecule has 1 aliphatic heterocycles.